The highest BCUT2D eigenvalue weighted by Gasteiger charge is 2.21. The predicted molar refractivity (Wildman–Crippen MR) is 144 cm³/mol. The molecule has 0 aliphatic heterocycles. The van der Waals surface area contributed by atoms with Crippen LogP contribution in [0.5, 0.6) is 17.2 Å². The summed E-state index contributed by atoms with van der Waals surface area (Å²) in [6, 6.07) is 15.6. The maximum absolute atomic E-state index is 13.6. The lowest BCUT2D eigenvalue weighted by Crippen LogP contribution is -2.25. The molecule has 194 valence electrons. The highest BCUT2D eigenvalue weighted by atomic mass is 16.6. The molecule has 3 aromatic rings. The van der Waals surface area contributed by atoms with Crippen molar-refractivity contribution in [2.24, 2.45) is 0 Å². The lowest BCUT2D eigenvalue weighted by Gasteiger charge is -2.18. The predicted octanol–water partition coefficient (Wildman–Crippen LogP) is 7.05. The van der Waals surface area contributed by atoms with Crippen LogP contribution in [-0.2, 0) is 17.9 Å². The summed E-state index contributed by atoms with van der Waals surface area (Å²) in [6.07, 6.45) is 8.45. The van der Waals surface area contributed by atoms with Gasteiger partial charge in [-0.05, 0) is 30.5 Å². The molecule has 0 atom stereocenters. The maximum Gasteiger partial charge on any atom is 0.308 e. The van der Waals surface area contributed by atoms with E-state index < -0.39 is 5.97 Å². The van der Waals surface area contributed by atoms with Gasteiger partial charge in [0, 0.05) is 24.9 Å². The smallest absolute Gasteiger partial charge is 0.308 e. The van der Waals surface area contributed by atoms with Gasteiger partial charge in [-0.15, -0.1) is 0 Å². The number of carbonyl (C=O) groups excluding carboxylic acids is 1. The van der Waals surface area contributed by atoms with E-state index in [1.54, 1.807) is 4.57 Å². The van der Waals surface area contributed by atoms with Crippen molar-refractivity contribution in [3.8, 4) is 17.2 Å². The van der Waals surface area contributed by atoms with Crippen LogP contribution in [0.3, 0.4) is 0 Å². The van der Waals surface area contributed by atoms with Crippen molar-refractivity contribution in [2.75, 3.05) is 6.61 Å². The molecule has 0 N–H and O–H groups in total. The molecule has 0 fully saturated rings. The number of esters is 1. The van der Waals surface area contributed by atoms with Crippen LogP contribution in [0.2, 0.25) is 0 Å². The number of nitrogens with zero attached hydrogens (tertiary/aromatic N) is 1. The Bertz CT molecular complexity index is 1170. The number of hydrogen-bond acceptors (Lipinski definition) is 5. The number of hydrogen-bond donors (Lipinski definition) is 0. The number of unbranched alkanes of at least 4 members (excludes halogenated alkanes) is 6. The summed E-state index contributed by atoms with van der Waals surface area (Å²) in [6.45, 7) is 6.98. The normalized spacial score (nSPS) is 11.0. The summed E-state index contributed by atoms with van der Waals surface area (Å²) >= 11 is 0. The van der Waals surface area contributed by atoms with E-state index in [0.717, 1.165) is 48.6 Å². The summed E-state index contributed by atoms with van der Waals surface area (Å²) in [5, 5.41) is 0.736. The van der Waals surface area contributed by atoms with Crippen molar-refractivity contribution in [1.29, 1.82) is 0 Å². The fourth-order valence-corrected chi connectivity index (χ4v) is 4.18. The number of ether oxygens (including phenoxy) is 3. The van der Waals surface area contributed by atoms with Gasteiger partial charge in [-0.25, -0.2) is 0 Å². The van der Waals surface area contributed by atoms with E-state index in [2.05, 4.69) is 13.8 Å². The van der Waals surface area contributed by atoms with Crippen LogP contribution in [0.25, 0.3) is 10.9 Å². The third kappa shape index (κ3) is 7.61. The summed E-state index contributed by atoms with van der Waals surface area (Å²) in [5.41, 5.74) is 1.44. The number of carbonyl (C=O) groups is 1. The lowest BCUT2D eigenvalue weighted by atomic mass is 10.1. The van der Waals surface area contributed by atoms with Crippen LogP contribution in [0, 0.1) is 0 Å². The monoisotopic (exact) mass is 493 g/mol. The van der Waals surface area contributed by atoms with E-state index in [0.29, 0.717) is 31.3 Å². The summed E-state index contributed by atoms with van der Waals surface area (Å²) in [5.74, 6) is 0.422. The number of aromatic nitrogens is 1. The minimum atomic E-state index is -0.541. The first kappa shape index (κ1) is 27.3. The minimum Gasteiger partial charge on any atom is -0.489 e. The second-order valence-corrected chi connectivity index (χ2v) is 9.13. The van der Waals surface area contributed by atoms with E-state index in [1.807, 2.05) is 48.5 Å². The Morgan fingerprint density at radius 1 is 0.833 bits per heavy atom. The molecule has 0 saturated heterocycles. The van der Waals surface area contributed by atoms with Gasteiger partial charge in [-0.2, -0.15) is 0 Å². The molecule has 3 rings (SSSR count). The van der Waals surface area contributed by atoms with Gasteiger partial charge in [0.15, 0.2) is 5.75 Å². The quantitative estimate of drug-likeness (QED) is 0.168. The molecule has 1 heterocycles. The molecule has 6 nitrogen and oxygen atoms in total. The molecule has 2 aromatic carbocycles. The molecule has 0 saturated carbocycles. The minimum absolute atomic E-state index is 0.0324. The van der Waals surface area contributed by atoms with E-state index in [9.17, 15) is 9.59 Å². The van der Waals surface area contributed by atoms with Crippen LogP contribution < -0.4 is 19.8 Å². The van der Waals surface area contributed by atoms with Crippen LogP contribution in [0.1, 0.15) is 77.7 Å². The Morgan fingerprint density at radius 3 is 2.28 bits per heavy atom. The molecule has 1 aromatic heterocycles. The fraction of sp³-hybridized carbons (Fsp3) is 0.467. The van der Waals surface area contributed by atoms with E-state index in [1.165, 1.54) is 26.2 Å². The average Bonchev–Trinajstić information content (AvgIpc) is 2.88. The van der Waals surface area contributed by atoms with Gasteiger partial charge in [-0.3, -0.25) is 9.59 Å². The second-order valence-electron chi connectivity index (χ2n) is 9.13. The van der Waals surface area contributed by atoms with Gasteiger partial charge >= 0.3 is 5.97 Å². The maximum atomic E-state index is 13.6. The van der Waals surface area contributed by atoms with Crippen molar-refractivity contribution in [1.82, 2.24) is 4.57 Å². The average molecular weight is 494 g/mol. The molecule has 0 radical (unpaired) electrons. The van der Waals surface area contributed by atoms with Crippen LogP contribution in [0.4, 0.5) is 0 Å². The second kappa shape index (κ2) is 14.3. The molecule has 0 aliphatic carbocycles. The largest absolute Gasteiger partial charge is 0.489 e. The number of rotatable bonds is 15. The Morgan fingerprint density at radius 2 is 1.56 bits per heavy atom. The molecule has 0 spiro atoms. The van der Waals surface area contributed by atoms with Crippen molar-refractivity contribution < 1.29 is 19.0 Å². The Kier molecular flexibility index (Phi) is 10.9. The summed E-state index contributed by atoms with van der Waals surface area (Å²) in [4.78, 5) is 25.5. The van der Waals surface area contributed by atoms with Crippen LogP contribution in [0.15, 0.2) is 53.3 Å². The molecule has 0 aliphatic rings. The van der Waals surface area contributed by atoms with Crippen molar-refractivity contribution in [2.45, 2.75) is 85.3 Å². The zero-order chi connectivity index (χ0) is 25.8. The molecule has 0 amide bonds. The SMILES string of the molecule is CCCCCCCCn1c(=O)c(OC(C)=O)c(OCCCC)c2ccc(OCc3ccccc3)cc21. The zero-order valence-electron chi connectivity index (χ0n) is 21.9. The summed E-state index contributed by atoms with van der Waals surface area (Å²) < 4.78 is 19.2. The van der Waals surface area contributed by atoms with Crippen LogP contribution in [-0.4, -0.2) is 17.1 Å². The third-order valence-corrected chi connectivity index (χ3v) is 6.12. The van der Waals surface area contributed by atoms with Gasteiger partial charge in [0.2, 0.25) is 5.75 Å². The topological polar surface area (TPSA) is 66.8 Å². The van der Waals surface area contributed by atoms with Gasteiger partial charge < -0.3 is 18.8 Å². The van der Waals surface area contributed by atoms with Crippen molar-refractivity contribution in [3.05, 3.63) is 64.4 Å². The number of pyridine rings is 1. The lowest BCUT2D eigenvalue weighted by molar-refractivity contribution is -0.132. The first-order valence-corrected chi connectivity index (χ1v) is 13.2. The molecular weight excluding hydrogens is 454 g/mol. The van der Waals surface area contributed by atoms with E-state index in [4.69, 9.17) is 14.2 Å². The molecule has 0 unspecified atom stereocenters. The molecule has 36 heavy (non-hydrogen) atoms. The van der Waals surface area contributed by atoms with E-state index >= 15 is 0 Å². The van der Waals surface area contributed by atoms with Crippen molar-refractivity contribution >= 4 is 16.9 Å². The van der Waals surface area contributed by atoms with Gasteiger partial charge in [0.1, 0.15) is 12.4 Å². The first-order chi connectivity index (χ1) is 17.5. The van der Waals surface area contributed by atoms with Gasteiger partial charge in [0.25, 0.3) is 5.56 Å². The zero-order valence-corrected chi connectivity index (χ0v) is 21.9. The Hall–Kier alpha value is -3.28. The first-order valence-electron chi connectivity index (χ1n) is 13.2. The molecular formula is C30H39NO5. The standard InChI is InChI=1S/C30H39NO5/c1-4-6-8-9-10-14-19-31-27-21-25(35-22-24-15-12-11-13-16-24)17-18-26(27)28(34-20-7-5-2)29(30(31)33)36-23(3)32/h11-13,15-18,21H,4-10,14,19-20,22H2,1-3H3. The fourth-order valence-electron chi connectivity index (χ4n) is 4.18. The Balaban J connectivity index is 1.99. The highest BCUT2D eigenvalue weighted by Crippen LogP contribution is 2.35. The summed E-state index contributed by atoms with van der Waals surface area (Å²) in [7, 11) is 0. The van der Waals surface area contributed by atoms with Gasteiger partial charge in [0.05, 0.1) is 12.1 Å². The Labute approximate surface area is 214 Å². The molecule has 0 bridgehead atoms. The van der Waals surface area contributed by atoms with Crippen LogP contribution >= 0.6 is 0 Å². The number of fused-ring (bicyclic) bond motifs is 1. The number of benzene rings is 2. The third-order valence-electron chi connectivity index (χ3n) is 6.12. The van der Waals surface area contributed by atoms with Gasteiger partial charge in [-0.1, -0.05) is 82.7 Å². The van der Waals surface area contributed by atoms with E-state index in [-0.39, 0.29) is 11.3 Å². The highest BCUT2D eigenvalue weighted by molar-refractivity contribution is 5.90. The molecule has 6 heteroatoms. The number of aryl methyl sites for hydroxylation is 1. The van der Waals surface area contributed by atoms with Crippen molar-refractivity contribution in [3.63, 3.8) is 0 Å².